The normalized spacial score (nSPS) is 11.0. The molecule has 1 amide bonds. The van der Waals surface area contributed by atoms with E-state index in [1.807, 2.05) is 0 Å². The summed E-state index contributed by atoms with van der Waals surface area (Å²) in [6.07, 6.45) is -4.57. The average Bonchev–Trinajstić information content (AvgIpc) is 2.65. The summed E-state index contributed by atoms with van der Waals surface area (Å²) in [5.74, 6) is -0.382. The van der Waals surface area contributed by atoms with Crippen LogP contribution in [0.15, 0.2) is 42.5 Å². The molecule has 0 aliphatic carbocycles. The van der Waals surface area contributed by atoms with Gasteiger partial charge in [0.1, 0.15) is 17.1 Å². The first-order chi connectivity index (χ1) is 13.1. The topological polar surface area (TPSA) is 81.9 Å². The van der Waals surface area contributed by atoms with E-state index in [1.165, 1.54) is 19.1 Å². The van der Waals surface area contributed by atoms with Crippen molar-refractivity contribution in [3.05, 3.63) is 63.7 Å². The van der Waals surface area contributed by atoms with Crippen molar-refractivity contribution in [2.45, 2.75) is 12.7 Å². The molecule has 0 aliphatic rings. The number of amides is 1. The largest absolute Gasteiger partial charge is 0.497 e. The second-order valence-electron chi connectivity index (χ2n) is 5.85. The zero-order chi connectivity index (χ0) is 20.9. The Kier molecular flexibility index (Phi) is 6.45. The Balaban J connectivity index is 2.23. The molecule has 0 aromatic heterocycles. The van der Waals surface area contributed by atoms with E-state index in [2.05, 4.69) is 4.74 Å². The Morgan fingerprint density at radius 1 is 1.14 bits per heavy atom. The molecule has 0 unspecified atom stereocenters. The lowest BCUT2D eigenvalue weighted by atomic mass is 10.1. The van der Waals surface area contributed by atoms with Crippen LogP contribution >= 0.6 is 0 Å². The quantitative estimate of drug-likeness (QED) is 0.523. The van der Waals surface area contributed by atoms with Gasteiger partial charge in [-0.25, -0.2) is 0 Å². The number of carbonyl (C=O) groups excluding carboxylic acids is 1. The summed E-state index contributed by atoms with van der Waals surface area (Å²) in [7, 11) is 2.94. The number of methoxy groups -OCH3 is 1. The standard InChI is InChI=1S/C18H17F3N2O5/c1-22(10-12-3-5-13(27-2)6-4-12)17(24)15-9-14(28-11-18(19,20)21)7-8-16(15)23(25)26/h3-9H,10-11H2,1-2H3. The highest BCUT2D eigenvalue weighted by molar-refractivity contribution is 5.98. The maximum Gasteiger partial charge on any atom is 0.422 e. The Morgan fingerprint density at radius 3 is 2.29 bits per heavy atom. The fraction of sp³-hybridized carbons (Fsp3) is 0.278. The maximum atomic E-state index is 12.7. The lowest BCUT2D eigenvalue weighted by molar-refractivity contribution is -0.385. The molecule has 0 radical (unpaired) electrons. The van der Waals surface area contributed by atoms with Crippen molar-refractivity contribution in [2.75, 3.05) is 20.8 Å². The van der Waals surface area contributed by atoms with Crippen LogP contribution in [-0.4, -0.2) is 42.7 Å². The first kappa shape index (κ1) is 21.0. The van der Waals surface area contributed by atoms with Crippen molar-refractivity contribution < 1.29 is 32.4 Å². The van der Waals surface area contributed by atoms with Gasteiger partial charge in [0.05, 0.1) is 12.0 Å². The van der Waals surface area contributed by atoms with Crippen LogP contribution in [0.2, 0.25) is 0 Å². The minimum Gasteiger partial charge on any atom is -0.497 e. The third-order valence-corrected chi connectivity index (χ3v) is 3.72. The Hall–Kier alpha value is -3.30. The number of hydrogen-bond donors (Lipinski definition) is 0. The summed E-state index contributed by atoms with van der Waals surface area (Å²) >= 11 is 0. The molecular formula is C18H17F3N2O5. The van der Waals surface area contributed by atoms with Crippen LogP contribution in [0.1, 0.15) is 15.9 Å². The second-order valence-corrected chi connectivity index (χ2v) is 5.85. The van der Waals surface area contributed by atoms with Gasteiger partial charge in [0.2, 0.25) is 0 Å². The number of nitro groups is 1. The average molecular weight is 398 g/mol. The van der Waals surface area contributed by atoms with Gasteiger partial charge < -0.3 is 14.4 Å². The van der Waals surface area contributed by atoms with Gasteiger partial charge in [0.15, 0.2) is 6.61 Å². The predicted octanol–water partition coefficient (Wildman–Crippen LogP) is 3.82. The zero-order valence-corrected chi connectivity index (χ0v) is 15.0. The summed E-state index contributed by atoms with van der Waals surface area (Å²) in [5, 5.41) is 11.2. The summed E-state index contributed by atoms with van der Waals surface area (Å²) in [6, 6.07) is 9.74. The third-order valence-electron chi connectivity index (χ3n) is 3.72. The van der Waals surface area contributed by atoms with Gasteiger partial charge in [-0.1, -0.05) is 12.1 Å². The third kappa shape index (κ3) is 5.60. The highest BCUT2D eigenvalue weighted by Crippen LogP contribution is 2.27. The number of hydrogen-bond acceptors (Lipinski definition) is 5. The van der Waals surface area contributed by atoms with Crippen molar-refractivity contribution >= 4 is 11.6 Å². The van der Waals surface area contributed by atoms with Crippen LogP contribution in [0.3, 0.4) is 0 Å². The molecule has 0 saturated carbocycles. The number of halogens is 3. The summed E-state index contributed by atoms with van der Waals surface area (Å²) in [5.41, 5.74) is -0.143. The smallest absolute Gasteiger partial charge is 0.422 e. The summed E-state index contributed by atoms with van der Waals surface area (Å²) in [6.45, 7) is -1.44. The molecule has 0 aliphatic heterocycles. The highest BCUT2D eigenvalue weighted by Gasteiger charge is 2.29. The first-order valence-corrected chi connectivity index (χ1v) is 7.97. The lowest BCUT2D eigenvalue weighted by Crippen LogP contribution is -2.27. The number of rotatable bonds is 7. The molecule has 0 saturated heterocycles. The molecule has 0 bridgehead atoms. The van der Waals surface area contributed by atoms with Crippen molar-refractivity contribution in [2.24, 2.45) is 0 Å². The van der Waals surface area contributed by atoms with E-state index in [1.54, 1.807) is 24.3 Å². The number of benzene rings is 2. The van der Waals surface area contributed by atoms with E-state index in [0.29, 0.717) is 5.75 Å². The minimum atomic E-state index is -4.57. The Bertz CT molecular complexity index is 853. The fourth-order valence-corrected chi connectivity index (χ4v) is 2.38. The van der Waals surface area contributed by atoms with E-state index < -0.39 is 29.3 Å². The molecule has 7 nitrogen and oxygen atoms in total. The molecule has 2 aromatic carbocycles. The van der Waals surface area contributed by atoms with Gasteiger partial charge in [-0.15, -0.1) is 0 Å². The molecule has 0 heterocycles. The van der Waals surface area contributed by atoms with Gasteiger partial charge in [0, 0.05) is 19.7 Å². The highest BCUT2D eigenvalue weighted by atomic mass is 19.4. The molecule has 150 valence electrons. The maximum absolute atomic E-state index is 12.7. The number of nitro benzene ring substituents is 1. The predicted molar refractivity (Wildman–Crippen MR) is 93.4 cm³/mol. The van der Waals surface area contributed by atoms with Crippen molar-refractivity contribution in [1.82, 2.24) is 4.90 Å². The number of nitrogens with zero attached hydrogens (tertiary/aromatic N) is 2. The van der Waals surface area contributed by atoms with Gasteiger partial charge in [-0.2, -0.15) is 13.2 Å². The van der Waals surface area contributed by atoms with E-state index in [9.17, 15) is 28.1 Å². The number of carbonyl (C=O) groups is 1. The fourth-order valence-electron chi connectivity index (χ4n) is 2.38. The van der Waals surface area contributed by atoms with Crippen molar-refractivity contribution in [3.8, 4) is 11.5 Å². The van der Waals surface area contributed by atoms with Gasteiger partial charge in [-0.3, -0.25) is 14.9 Å². The van der Waals surface area contributed by atoms with E-state index in [0.717, 1.165) is 23.8 Å². The Labute approximate surface area is 158 Å². The van der Waals surface area contributed by atoms with Crippen LogP contribution in [0.25, 0.3) is 0 Å². The Morgan fingerprint density at radius 2 is 1.75 bits per heavy atom. The number of alkyl halides is 3. The molecule has 2 aromatic rings. The monoisotopic (exact) mass is 398 g/mol. The lowest BCUT2D eigenvalue weighted by Gasteiger charge is -2.18. The molecular weight excluding hydrogens is 381 g/mol. The molecule has 0 fully saturated rings. The van der Waals surface area contributed by atoms with Crippen LogP contribution in [-0.2, 0) is 6.54 Å². The van der Waals surface area contributed by atoms with Crippen LogP contribution in [0.4, 0.5) is 18.9 Å². The van der Waals surface area contributed by atoms with Crippen LogP contribution in [0.5, 0.6) is 11.5 Å². The first-order valence-electron chi connectivity index (χ1n) is 7.97. The second kappa shape index (κ2) is 8.59. The molecule has 10 heteroatoms. The van der Waals surface area contributed by atoms with Gasteiger partial charge in [-0.05, 0) is 29.8 Å². The van der Waals surface area contributed by atoms with Gasteiger partial charge >= 0.3 is 6.18 Å². The van der Waals surface area contributed by atoms with Crippen LogP contribution in [0, 0.1) is 10.1 Å². The van der Waals surface area contributed by atoms with Crippen LogP contribution < -0.4 is 9.47 Å². The SMILES string of the molecule is COc1ccc(CN(C)C(=O)c2cc(OCC(F)(F)F)ccc2[N+](=O)[O-])cc1. The molecule has 2 rings (SSSR count). The number of ether oxygens (including phenoxy) is 2. The van der Waals surface area contributed by atoms with Crippen molar-refractivity contribution in [3.63, 3.8) is 0 Å². The molecule has 0 spiro atoms. The van der Waals surface area contributed by atoms with E-state index in [-0.39, 0.29) is 17.9 Å². The van der Waals surface area contributed by atoms with Gasteiger partial charge in [0.25, 0.3) is 11.6 Å². The summed E-state index contributed by atoms with van der Waals surface area (Å²) in [4.78, 5) is 24.3. The summed E-state index contributed by atoms with van der Waals surface area (Å²) < 4.78 is 46.6. The van der Waals surface area contributed by atoms with Crippen molar-refractivity contribution in [1.29, 1.82) is 0 Å². The minimum absolute atomic E-state index is 0.133. The zero-order valence-electron chi connectivity index (χ0n) is 15.0. The molecule has 28 heavy (non-hydrogen) atoms. The van der Waals surface area contributed by atoms with E-state index in [4.69, 9.17) is 4.74 Å². The van der Waals surface area contributed by atoms with E-state index >= 15 is 0 Å². The molecule has 0 N–H and O–H groups in total. The molecule has 0 atom stereocenters.